The molecule has 0 fully saturated rings. The third-order valence-corrected chi connectivity index (χ3v) is 4.35. The Hall–Kier alpha value is -2.47. The zero-order chi connectivity index (χ0) is 18.1. The van der Waals surface area contributed by atoms with Gasteiger partial charge in [-0.2, -0.15) is 0 Å². The van der Waals surface area contributed by atoms with E-state index in [0.717, 1.165) is 16.2 Å². The molecule has 0 aliphatic rings. The van der Waals surface area contributed by atoms with Crippen molar-refractivity contribution in [3.8, 4) is 5.75 Å². The van der Waals surface area contributed by atoms with Crippen molar-refractivity contribution in [2.45, 2.75) is 24.7 Å². The van der Waals surface area contributed by atoms with Crippen LogP contribution in [0.15, 0.2) is 53.4 Å². The molecule has 1 amide bonds. The number of thioether (sulfide) groups is 1. The first-order valence-electron chi connectivity index (χ1n) is 8.03. The minimum atomic E-state index is -0.832. The van der Waals surface area contributed by atoms with Crippen LogP contribution in [-0.4, -0.2) is 29.3 Å². The molecular formula is C19H21NO4S. The van der Waals surface area contributed by atoms with Crippen molar-refractivity contribution in [3.05, 3.63) is 54.1 Å². The minimum absolute atomic E-state index is 0.0744. The molecule has 0 bridgehead atoms. The van der Waals surface area contributed by atoms with Gasteiger partial charge in [0.1, 0.15) is 5.75 Å². The van der Waals surface area contributed by atoms with Crippen LogP contribution in [0, 0.1) is 0 Å². The lowest BCUT2D eigenvalue weighted by Gasteiger charge is -2.08. The van der Waals surface area contributed by atoms with Crippen LogP contribution in [0.5, 0.6) is 5.75 Å². The fourth-order valence-electron chi connectivity index (χ4n) is 2.20. The molecule has 2 aromatic rings. The van der Waals surface area contributed by atoms with Crippen LogP contribution in [0.1, 0.15) is 18.9 Å². The highest BCUT2D eigenvalue weighted by atomic mass is 32.2. The van der Waals surface area contributed by atoms with E-state index >= 15 is 0 Å². The fraction of sp³-hybridized carbons (Fsp3) is 0.263. The van der Waals surface area contributed by atoms with Crippen LogP contribution in [0.3, 0.4) is 0 Å². The number of nitrogens with one attached hydrogen (secondary N) is 1. The zero-order valence-corrected chi connectivity index (χ0v) is 14.8. The molecule has 2 rings (SSSR count). The second kappa shape index (κ2) is 9.74. The predicted molar refractivity (Wildman–Crippen MR) is 99.4 cm³/mol. The van der Waals surface area contributed by atoms with Gasteiger partial charge in [0.25, 0.3) is 0 Å². The summed E-state index contributed by atoms with van der Waals surface area (Å²) in [4.78, 5) is 23.7. The topological polar surface area (TPSA) is 75.6 Å². The van der Waals surface area contributed by atoms with E-state index in [2.05, 4.69) is 5.32 Å². The van der Waals surface area contributed by atoms with Crippen molar-refractivity contribution in [2.75, 3.05) is 17.7 Å². The Morgan fingerprint density at radius 2 is 1.92 bits per heavy atom. The molecule has 25 heavy (non-hydrogen) atoms. The number of carboxylic acids is 1. The Morgan fingerprint density at radius 3 is 2.60 bits per heavy atom. The van der Waals surface area contributed by atoms with Crippen LogP contribution in [0.4, 0.5) is 5.69 Å². The summed E-state index contributed by atoms with van der Waals surface area (Å²) in [6.45, 7) is 2.56. The average Bonchev–Trinajstić information content (AvgIpc) is 2.60. The van der Waals surface area contributed by atoms with Gasteiger partial charge in [0, 0.05) is 17.0 Å². The van der Waals surface area contributed by atoms with Crippen molar-refractivity contribution in [1.82, 2.24) is 0 Å². The molecule has 0 heterocycles. The lowest BCUT2D eigenvalue weighted by Crippen LogP contribution is -2.14. The number of anilines is 1. The van der Waals surface area contributed by atoms with Crippen LogP contribution in [0.25, 0.3) is 0 Å². The van der Waals surface area contributed by atoms with E-state index in [0.29, 0.717) is 24.5 Å². The SMILES string of the molecule is CCOc1ccc(SCC(=O)Nc2cccc(CCC(=O)O)c2)cc1. The summed E-state index contributed by atoms with van der Waals surface area (Å²) in [5.74, 6) is 0.179. The maximum absolute atomic E-state index is 12.1. The number of carbonyl (C=O) groups excluding carboxylic acids is 1. The maximum atomic E-state index is 12.1. The Morgan fingerprint density at radius 1 is 1.16 bits per heavy atom. The third-order valence-electron chi connectivity index (χ3n) is 3.34. The number of hydrogen-bond acceptors (Lipinski definition) is 4. The van der Waals surface area contributed by atoms with Crippen molar-refractivity contribution in [3.63, 3.8) is 0 Å². The van der Waals surface area contributed by atoms with Crippen LogP contribution in [0.2, 0.25) is 0 Å². The summed E-state index contributed by atoms with van der Waals surface area (Å²) in [5, 5.41) is 11.6. The largest absolute Gasteiger partial charge is 0.494 e. The molecule has 0 aliphatic heterocycles. The van der Waals surface area contributed by atoms with Gasteiger partial charge >= 0.3 is 5.97 Å². The number of benzene rings is 2. The highest BCUT2D eigenvalue weighted by Crippen LogP contribution is 2.22. The van der Waals surface area contributed by atoms with Gasteiger partial charge in [-0.3, -0.25) is 9.59 Å². The van der Waals surface area contributed by atoms with Gasteiger partial charge in [0.15, 0.2) is 0 Å². The first-order chi connectivity index (χ1) is 12.1. The Labute approximate surface area is 151 Å². The maximum Gasteiger partial charge on any atom is 0.303 e. The van der Waals surface area contributed by atoms with Crippen molar-refractivity contribution in [1.29, 1.82) is 0 Å². The second-order valence-electron chi connectivity index (χ2n) is 5.34. The van der Waals surface area contributed by atoms with E-state index in [-0.39, 0.29) is 12.3 Å². The number of aliphatic carboxylic acids is 1. The van der Waals surface area contributed by atoms with Gasteiger partial charge in [0.05, 0.1) is 12.4 Å². The van der Waals surface area contributed by atoms with Gasteiger partial charge in [0.2, 0.25) is 5.91 Å². The lowest BCUT2D eigenvalue weighted by atomic mass is 10.1. The van der Waals surface area contributed by atoms with E-state index in [9.17, 15) is 9.59 Å². The molecule has 2 N–H and O–H groups in total. The first-order valence-corrected chi connectivity index (χ1v) is 9.01. The van der Waals surface area contributed by atoms with E-state index in [4.69, 9.17) is 9.84 Å². The van der Waals surface area contributed by atoms with Gasteiger partial charge in [-0.15, -0.1) is 11.8 Å². The summed E-state index contributed by atoms with van der Waals surface area (Å²) in [6, 6.07) is 14.9. The number of hydrogen-bond donors (Lipinski definition) is 2. The van der Waals surface area contributed by atoms with Crippen molar-refractivity contribution >= 4 is 29.3 Å². The Balaban J connectivity index is 1.83. The summed E-state index contributed by atoms with van der Waals surface area (Å²) in [7, 11) is 0. The second-order valence-corrected chi connectivity index (χ2v) is 6.38. The molecule has 6 heteroatoms. The first kappa shape index (κ1) is 18.9. The normalized spacial score (nSPS) is 10.3. The van der Waals surface area contributed by atoms with Crippen LogP contribution >= 0.6 is 11.8 Å². The van der Waals surface area contributed by atoms with Gasteiger partial charge in [-0.05, 0) is 55.3 Å². The molecular weight excluding hydrogens is 338 g/mol. The molecule has 132 valence electrons. The van der Waals surface area contributed by atoms with E-state index in [1.165, 1.54) is 11.8 Å². The molecule has 0 aromatic heterocycles. The summed E-state index contributed by atoms with van der Waals surface area (Å²) in [6.07, 6.45) is 0.519. The molecule has 0 unspecified atom stereocenters. The lowest BCUT2D eigenvalue weighted by molar-refractivity contribution is -0.137. The average molecular weight is 359 g/mol. The Bertz CT molecular complexity index is 716. The Kier molecular flexibility index (Phi) is 7.35. The summed E-state index contributed by atoms with van der Waals surface area (Å²) < 4.78 is 5.39. The summed E-state index contributed by atoms with van der Waals surface area (Å²) in [5.41, 5.74) is 1.57. The quantitative estimate of drug-likeness (QED) is 0.666. The third kappa shape index (κ3) is 6.89. The number of carbonyl (C=O) groups is 2. The molecule has 0 aliphatic carbocycles. The highest BCUT2D eigenvalue weighted by Gasteiger charge is 2.06. The van der Waals surface area contributed by atoms with E-state index < -0.39 is 5.97 Å². The van der Waals surface area contributed by atoms with Crippen LogP contribution in [-0.2, 0) is 16.0 Å². The molecule has 0 radical (unpaired) electrons. The molecule has 0 spiro atoms. The smallest absolute Gasteiger partial charge is 0.303 e. The van der Waals surface area contributed by atoms with E-state index in [1.807, 2.05) is 49.4 Å². The number of rotatable bonds is 9. The van der Waals surface area contributed by atoms with E-state index in [1.54, 1.807) is 6.07 Å². The molecule has 0 saturated carbocycles. The molecule has 0 saturated heterocycles. The zero-order valence-electron chi connectivity index (χ0n) is 14.0. The standard InChI is InChI=1S/C19H21NO4S/c1-2-24-16-7-9-17(10-8-16)25-13-18(21)20-15-5-3-4-14(12-15)6-11-19(22)23/h3-5,7-10,12H,2,6,11,13H2,1H3,(H,20,21)(H,22,23). The molecule has 0 atom stereocenters. The number of carboxylic acid groups (broad SMARTS) is 1. The monoisotopic (exact) mass is 359 g/mol. The van der Waals surface area contributed by atoms with Crippen molar-refractivity contribution < 1.29 is 19.4 Å². The van der Waals surface area contributed by atoms with Gasteiger partial charge in [-0.25, -0.2) is 0 Å². The predicted octanol–water partition coefficient (Wildman–Crippen LogP) is 3.83. The summed E-state index contributed by atoms with van der Waals surface area (Å²) >= 11 is 1.45. The van der Waals surface area contributed by atoms with Gasteiger partial charge in [-0.1, -0.05) is 12.1 Å². The minimum Gasteiger partial charge on any atom is -0.494 e. The highest BCUT2D eigenvalue weighted by molar-refractivity contribution is 8.00. The number of aryl methyl sites for hydroxylation is 1. The number of amides is 1. The molecule has 5 nitrogen and oxygen atoms in total. The number of ether oxygens (including phenoxy) is 1. The van der Waals surface area contributed by atoms with Gasteiger partial charge < -0.3 is 15.2 Å². The fourth-order valence-corrected chi connectivity index (χ4v) is 2.90. The van der Waals surface area contributed by atoms with Crippen molar-refractivity contribution in [2.24, 2.45) is 0 Å². The van der Waals surface area contributed by atoms with Crippen LogP contribution < -0.4 is 10.1 Å². The molecule has 2 aromatic carbocycles.